The first-order chi connectivity index (χ1) is 11.8. The van der Waals surface area contributed by atoms with Crippen molar-refractivity contribution in [1.29, 1.82) is 0 Å². The van der Waals surface area contributed by atoms with Gasteiger partial charge in [-0.1, -0.05) is 23.2 Å². The lowest BCUT2D eigenvalue weighted by molar-refractivity contribution is -0.143. The lowest BCUT2D eigenvalue weighted by Gasteiger charge is -2.19. The number of amides is 2. The van der Waals surface area contributed by atoms with Crippen LogP contribution in [0.4, 0.5) is 19.3 Å². The highest BCUT2D eigenvalue weighted by molar-refractivity contribution is 6.37. The van der Waals surface area contributed by atoms with E-state index in [9.17, 15) is 18.4 Å². The molecule has 1 aliphatic heterocycles. The third-order valence-electron chi connectivity index (χ3n) is 3.62. The van der Waals surface area contributed by atoms with E-state index in [2.05, 4.69) is 5.43 Å². The number of nitrogens with zero attached hydrogens (tertiary/aromatic N) is 2. The molecule has 1 unspecified atom stereocenters. The minimum Gasteiger partial charge on any atom is -0.466 e. The molecular formula is C15H17Cl2F2N3O3. The Labute approximate surface area is 153 Å². The Morgan fingerprint density at radius 3 is 2.60 bits per heavy atom. The number of esters is 1. The average Bonchev–Trinajstić information content (AvgIpc) is 2.81. The van der Waals surface area contributed by atoms with Crippen LogP contribution in [0.1, 0.15) is 25.8 Å². The second kappa shape index (κ2) is 8.16. The number of hydrogen-bond donors (Lipinski definition) is 1. The molecule has 2 amide bonds. The van der Waals surface area contributed by atoms with Gasteiger partial charge in [0.1, 0.15) is 6.17 Å². The molecule has 10 heteroatoms. The molecule has 1 fully saturated rings. The number of hydrogen-bond acceptors (Lipinski definition) is 4. The number of halogens is 4. The van der Waals surface area contributed by atoms with Gasteiger partial charge >= 0.3 is 18.5 Å². The molecule has 1 aromatic carbocycles. The number of anilines is 1. The quantitative estimate of drug-likeness (QED) is 0.587. The van der Waals surface area contributed by atoms with Gasteiger partial charge in [0.25, 0.3) is 0 Å². The number of aryl methyl sites for hydroxylation is 1. The van der Waals surface area contributed by atoms with E-state index in [4.69, 9.17) is 27.9 Å². The largest absolute Gasteiger partial charge is 0.466 e. The van der Waals surface area contributed by atoms with Crippen LogP contribution in [-0.2, 0) is 16.0 Å². The van der Waals surface area contributed by atoms with Crippen molar-refractivity contribution in [3.05, 3.63) is 27.7 Å². The summed E-state index contributed by atoms with van der Waals surface area (Å²) in [4.78, 5) is 24.1. The van der Waals surface area contributed by atoms with Crippen LogP contribution in [0.5, 0.6) is 0 Å². The highest BCUT2D eigenvalue weighted by Gasteiger charge is 2.41. The number of benzene rings is 1. The van der Waals surface area contributed by atoms with Crippen LogP contribution in [0.15, 0.2) is 12.1 Å². The van der Waals surface area contributed by atoms with E-state index >= 15 is 0 Å². The van der Waals surface area contributed by atoms with Gasteiger partial charge < -0.3 is 4.74 Å². The fourth-order valence-electron chi connectivity index (χ4n) is 2.42. The van der Waals surface area contributed by atoms with Crippen molar-refractivity contribution >= 4 is 40.9 Å². The molecule has 0 bridgehead atoms. The first-order valence-electron chi connectivity index (χ1n) is 7.56. The summed E-state index contributed by atoms with van der Waals surface area (Å²) in [7, 11) is 0. The predicted molar refractivity (Wildman–Crippen MR) is 89.7 cm³/mol. The maximum absolute atomic E-state index is 13.0. The van der Waals surface area contributed by atoms with Gasteiger partial charge in [-0.2, -0.15) is 8.78 Å². The van der Waals surface area contributed by atoms with Gasteiger partial charge in [0.05, 0.1) is 17.3 Å². The summed E-state index contributed by atoms with van der Waals surface area (Å²) in [5.41, 5.74) is 3.37. The lowest BCUT2D eigenvalue weighted by atomic mass is 10.1. The highest BCUT2D eigenvalue weighted by Crippen LogP contribution is 2.34. The molecule has 0 aliphatic carbocycles. The number of carbonyl (C=O) groups excluding carboxylic acids is 2. The summed E-state index contributed by atoms with van der Waals surface area (Å²) < 4.78 is 30.8. The van der Waals surface area contributed by atoms with E-state index in [0.29, 0.717) is 15.5 Å². The average molecular weight is 396 g/mol. The van der Waals surface area contributed by atoms with Gasteiger partial charge in [0, 0.05) is 11.4 Å². The van der Waals surface area contributed by atoms with Crippen LogP contribution in [0, 0.1) is 0 Å². The zero-order valence-corrected chi connectivity index (χ0v) is 15.1. The second-order valence-electron chi connectivity index (χ2n) is 5.31. The number of urea groups is 1. The van der Waals surface area contributed by atoms with Crippen molar-refractivity contribution in [3.8, 4) is 0 Å². The number of nitrogens with one attached hydrogen (secondary N) is 1. The number of ether oxygens (including phenoxy) is 1. The maximum atomic E-state index is 13.0. The standard InChI is InChI=1S/C15H17Cl2F2N3O3/c1-3-25-13(23)5-4-9-6-12(11(17)7-10(9)16)22-15(24)21(14(18)19)8(2)20-22/h6-8,14,20H,3-5H2,1-2H3. The van der Waals surface area contributed by atoms with Gasteiger partial charge in [0.15, 0.2) is 0 Å². The molecule has 0 aromatic heterocycles. The van der Waals surface area contributed by atoms with E-state index in [-0.39, 0.29) is 36.1 Å². The Morgan fingerprint density at radius 1 is 1.36 bits per heavy atom. The van der Waals surface area contributed by atoms with Crippen LogP contribution in [0.25, 0.3) is 0 Å². The Morgan fingerprint density at radius 2 is 2.04 bits per heavy atom. The summed E-state index contributed by atoms with van der Waals surface area (Å²) in [6.45, 7) is 0.447. The van der Waals surface area contributed by atoms with Crippen molar-refractivity contribution in [2.45, 2.75) is 39.4 Å². The normalized spacial score (nSPS) is 17.6. The molecule has 2 rings (SSSR count). The van der Waals surface area contributed by atoms with Crippen molar-refractivity contribution in [2.75, 3.05) is 11.6 Å². The van der Waals surface area contributed by atoms with Gasteiger partial charge in [-0.05, 0) is 38.0 Å². The summed E-state index contributed by atoms with van der Waals surface area (Å²) in [5.74, 6) is -0.386. The second-order valence-corrected chi connectivity index (χ2v) is 6.12. The Bertz CT molecular complexity index is 676. The molecular weight excluding hydrogens is 379 g/mol. The smallest absolute Gasteiger partial charge is 0.344 e. The molecule has 1 aromatic rings. The zero-order valence-electron chi connectivity index (χ0n) is 13.6. The van der Waals surface area contributed by atoms with E-state index < -0.39 is 18.7 Å². The highest BCUT2D eigenvalue weighted by atomic mass is 35.5. The fraction of sp³-hybridized carbons (Fsp3) is 0.467. The van der Waals surface area contributed by atoms with Crippen molar-refractivity contribution in [2.24, 2.45) is 0 Å². The van der Waals surface area contributed by atoms with Crippen LogP contribution >= 0.6 is 23.2 Å². The third kappa shape index (κ3) is 4.31. The minimum absolute atomic E-state index is 0.0928. The molecule has 0 radical (unpaired) electrons. The van der Waals surface area contributed by atoms with Crippen LogP contribution in [-0.4, -0.2) is 36.2 Å². The van der Waals surface area contributed by atoms with Crippen LogP contribution < -0.4 is 10.4 Å². The molecule has 25 heavy (non-hydrogen) atoms. The van der Waals surface area contributed by atoms with Gasteiger partial charge in [-0.3, -0.25) is 4.79 Å². The van der Waals surface area contributed by atoms with Crippen molar-refractivity contribution < 1.29 is 23.1 Å². The summed E-state index contributed by atoms with van der Waals surface area (Å²) in [6, 6.07) is 1.98. The SMILES string of the molecule is CCOC(=O)CCc1cc(N2NC(C)N(C(F)F)C2=O)c(Cl)cc1Cl. The summed E-state index contributed by atoms with van der Waals surface area (Å²) >= 11 is 12.2. The summed E-state index contributed by atoms with van der Waals surface area (Å²) in [6.07, 6.45) is -0.546. The molecule has 1 N–H and O–H groups in total. The monoisotopic (exact) mass is 395 g/mol. The Balaban J connectivity index is 2.25. The topological polar surface area (TPSA) is 61.9 Å². The number of alkyl halides is 2. The predicted octanol–water partition coefficient (Wildman–Crippen LogP) is 3.80. The van der Waals surface area contributed by atoms with E-state index in [0.717, 1.165) is 5.01 Å². The number of hydrazine groups is 1. The molecule has 138 valence electrons. The van der Waals surface area contributed by atoms with Gasteiger partial charge in [0.2, 0.25) is 0 Å². The van der Waals surface area contributed by atoms with E-state index in [1.165, 1.54) is 19.1 Å². The lowest BCUT2D eigenvalue weighted by Crippen LogP contribution is -2.38. The first-order valence-corrected chi connectivity index (χ1v) is 8.32. The van der Waals surface area contributed by atoms with E-state index in [1.54, 1.807) is 6.92 Å². The van der Waals surface area contributed by atoms with Gasteiger partial charge in [-0.25, -0.2) is 20.1 Å². The Kier molecular flexibility index (Phi) is 6.42. The molecule has 6 nitrogen and oxygen atoms in total. The first kappa shape index (κ1) is 19.7. The molecule has 0 spiro atoms. The number of carbonyl (C=O) groups is 2. The molecule has 1 aliphatic rings. The molecule has 0 saturated carbocycles. The molecule has 1 heterocycles. The Hall–Kier alpha value is -1.64. The van der Waals surface area contributed by atoms with Gasteiger partial charge in [-0.15, -0.1) is 0 Å². The van der Waals surface area contributed by atoms with Crippen molar-refractivity contribution in [1.82, 2.24) is 10.3 Å². The van der Waals surface area contributed by atoms with Crippen LogP contribution in [0.2, 0.25) is 10.0 Å². The maximum Gasteiger partial charge on any atom is 0.344 e. The number of rotatable bonds is 6. The fourth-order valence-corrected chi connectivity index (χ4v) is 2.99. The zero-order chi connectivity index (χ0) is 18.7. The van der Waals surface area contributed by atoms with Crippen LogP contribution in [0.3, 0.4) is 0 Å². The molecule has 1 saturated heterocycles. The molecule has 1 atom stereocenters. The minimum atomic E-state index is -2.95. The van der Waals surface area contributed by atoms with E-state index in [1.807, 2.05) is 0 Å². The third-order valence-corrected chi connectivity index (χ3v) is 4.27. The summed E-state index contributed by atoms with van der Waals surface area (Å²) in [5, 5.41) is 1.38. The van der Waals surface area contributed by atoms with Crippen molar-refractivity contribution in [3.63, 3.8) is 0 Å².